The SMILES string of the molecule is CC(C)n1cc(NC(=O)N(C)Cc2cc(-c3cccnc3)no2)nn1. The van der Waals surface area contributed by atoms with Crippen LogP contribution in [0.15, 0.2) is 41.3 Å². The van der Waals surface area contributed by atoms with Gasteiger partial charge in [-0.05, 0) is 26.0 Å². The van der Waals surface area contributed by atoms with Crippen molar-refractivity contribution in [3.63, 3.8) is 0 Å². The summed E-state index contributed by atoms with van der Waals surface area (Å²) in [5.74, 6) is 0.974. The quantitative estimate of drug-likeness (QED) is 0.765. The van der Waals surface area contributed by atoms with E-state index in [1.165, 1.54) is 4.90 Å². The molecule has 0 aliphatic carbocycles. The monoisotopic (exact) mass is 341 g/mol. The van der Waals surface area contributed by atoms with Gasteiger partial charge in [0.15, 0.2) is 11.6 Å². The van der Waals surface area contributed by atoms with Crippen LogP contribution in [-0.2, 0) is 6.54 Å². The topological polar surface area (TPSA) is 102 Å². The fraction of sp³-hybridized carbons (Fsp3) is 0.312. The van der Waals surface area contributed by atoms with Crippen molar-refractivity contribution in [1.82, 2.24) is 30.0 Å². The summed E-state index contributed by atoms with van der Waals surface area (Å²) in [7, 11) is 1.66. The molecule has 25 heavy (non-hydrogen) atoms. The summed E-state index contributed by atoms with van der Waals surface area (Å²) in [6.07, 6.45) is 5.08. The maximum atomic E-state index is 12.2. The lowest BCUT2D eigenvalue weighted by atomic mass is 10.2. The fourth-order valence-corrected chi connectivity index (χ4v) is 2.13. The van der Waals surface area contributed by atoms with E-state index in [0.717, 1.165) is 5.56 Å². The third-order valence-corrected chi connectivity index (χ3v) is 3.53. The molecule has 3 heterocycles. The minimum absolute atomic E-state index is 0.177. The minimum Gasteiger partial charge on any atom is -0.359 e. The molecule has 0 saturated heterocycles. The smallest absolute Gasteiger partial charge is 0.323 e. The summed E-state index contributed by atoms with van der Waals surface area (Å²) in [6.45, 7) is 4.24. The molecular formula is C16H19N7O2. The summed E-state index contributed by atoms with van der Waals surface area (Å²) in [5, 5.41) is 14.6. The standard InChI is InChI=1S/C16H19N7O2/c1-11(2)23-10-15(19-21-23)18-16(24)22(3)9-13-7-14(20-25-13)12-5-4-6-17-8-12/h4-8,10-11H,9H2,1-3H3,(H,18,24). The number of carbonyl (C=O) groups excluding carboxylic acids is 1. The Kier molecular flexibility index (Phi) is 4.73. The second-order valence-corrected chi connectivity index (χ2v) is 5.88. The molecular weight excluding hydrogens is 322 g/mol. The average Bonchev–Trinajstić information content (AvgIpc) is 3.25. The maximum absolute atomic E-state index is 12.2. The first-order valence-corrected chi connectivity index (χ1v) is 7.83. The van der Waals surface area contributed by atoms with Crippen LogP contribution in [-0.4, -0.2) is 43.1 Å². The van der Waals surface area contributed by atoms with Crippen LogP contribution in [0.25, 0.3) is 11.3 Å². The number of pyridine rings is 1. The van der Waals surface area contributed by atoms with E-state index in [4.69, 9.17) is 4.52 Å². The molecule has 3 aromatic heterocycles. The molecule has 0 atom stereocenters. The number of hydrogen-bond acceptors (Lipinski definition) is 6. The van der Waals surface area contributed by atoms with Gasteiger partial charge in [0.25, 0.3) is 0 Å². The molecule has 3 rings (SSSR count). The zero-order valence-electron chi connectivity index (χ0n) is 14.2. The number of anilines is 1. The molecule has 0 aromatic carbocycles. The van der Waals surface area contributed by atoms with Gasteiger partial charge in [-0.3, -0.25) is 10.3 Å². The number of urea groups is 1. The predicted octanol–water partition coefficient (Wildman–Crippen LogP) is 2.57. The highest BCUT2D eigenvalue weighted by Gasteiger charge is 2.15. The van der Waals surface area contributed by atoms with Gasteiger partial charge in [-0.2, -0.15) is 0 Å². The van der Waals surface area contributed by atoms with Gasteiger partial charge in [0.1, 0.15) is 5.69 Å². The number of carbonyl (C=O) groups is 1. The first-order valence-electron chi connectivity index (χ1n) is 7.83. The molecule has 0 bridgehead atoms. The summed E-state index contributed by atoms with van der Waals surface area (Å²) in [4.78, 5) is 17.8. The number of nitrogens with zero attached hydrogens (tertiary/aromatic N) is 6. The largest absolute Gasteiger partial charge is 0.359 e. The van der Waals surface area contributed by atoms with Gasteiger partial charge >= 0.3 is 6.03 Å². The highest BCUT2D eigenvalue weighted by atomic mass is 16.5. The molecule has 0 spiro atoms. The molecule has 130 valence electrons. The molecule has 1 N–H and O–H groups in total. The van der Waals surface area contributed by atoms with Crippen LogP contribution in [0.5, 0.6) is 0 Å². The lowest BCUT2D eigenvalue weighted by Crippen LogP contribution is -2.30. The second-order valence-electron chi connectivity index (χ2n) is 5.88. The third kappa shape index (κ3) is 4.00. The maximum Gasteiger partial charge on any atom is 0.323 e. The van der Waals surface area contributed by atoms with Gasteiger partial charge < -0.3 is 9.42 Å². The van der Waals surface area contributed by atoms with E-state index < -0.39 is 0 Å². The molecule has 0 radical (unpaired) electrons. The second kappa shape index (κ2) is 7.12. The highest BCUT2D eigenvalue weighted by molar-refractivity contribution is 5.87. The Morgan fingerprint density at radius 3 is 2.96 bits per heavy atom. The Balaban J connectivity index is 1.60. The normalized spacial score (nSPS) is 10.9. The number of rotatable bonds is 5. The Morgan fingerprint density at radius 2 is 2.28 bits per heavy atom. The van der Waals surface area contributed by atoms with E-state index in [-0.39, 0.29) is 18.6 Å². The Bertz CT molecular complexity index is 841. The molecule has 3 aromatic rings. The van der Waals surface area contributed by atoms with E-state index >= 15 is 0 Å². The Morgan fingerprint density at radius 1 is 1.44 bits per heavy atom. The Labute approximate surface area is 144 Å². The molecule has 0 fully saturated rings. The molecule has 0 aliphatic heterocycles. The van der Waals surface area contributed by atoms with Gasteiger partial charge in [-0.25, -0.2) is 9.48 Å². The fourth-order valence-electron chi connectivity index (χ4n) is 2.13. The molecule has 9 nitrogen and oxygen atoms in total. The predicted molar refractivity (Wildman–Crippen MR) is 90.6 cm³/mol. The van der Waals surface area contributed by atoms with Crippen LogP contribution >= 0.6 is 0 Å². The van der Waals surface area contributed by atoms with E-state index in [2.05, 4.69) is 25.8 Å². The van der Waals surface area contributed by atoms with Crippen molar-refractivity contribution in [2.24, 2.45) is 0 Å². The van der Waals surface area contributed by atoms with Crippen LogP contribution in [0.3, 0.4) is 0 Å². The lowest BCUT2D eigenvalue weighted by Gasteiger charge is -2.14. The first-order chi connectivity index (χ1) is 12.0. The van der Waals surface area contributed by atoms with Crippen LogP contribution in [0, 0.1) is 0 Å². The van der Waals surface area contributed by atoms with E-state index in [1.54, 1.807) is 36.4 Å². The van der Waals surface area contributed by atoms with Crippen molar-refractivity contribution < 1.29 is 9.32 Å². The molecule has 0 aliphatic rings. The molecule has 2 amide bonds. The molecule has 0 unspecified atom stereocenters. The molecule has 9 heteroatoms. The van der Waals surface area contributed by atoms with Gasteiger partial charge in [-0.15, -0.1) is 5.10 Å². The van der Waals surface area contributed by atoms with Gasteiger partial charge in [-0.1, -0.05) is 10.4 Å². The van der Waals surface area contributed by atoms with Gasteiger partial charge in [0, 0.05) is 37.1 Å². The summed E-state index contributed by atoms with van der Waals surface area (Å²) in [6, 6.07) is 5.37. The Hall–Kier alpha value is -3.23. The summed E-state index contributed by atoms with van der Waals surface area (Å²) in [5.41, 5.74) is 1.53. The lowest BCUT2D eigenvalue weighted by molar-refractivity contribution is 0.214. The van der Waals surface area contributed by atoms with Crippen LogP contribution in [0.2, 0.25) is 0 Å². The van der Waals surface area contributed by atoms with E-state index in [9.17, 15) is 4.79 Å². The van der Waals surface area contributed by atoms with E-state index in [0.29, 0.717) is 17.3 Å². The summed E-state index contributed by atoms with van der Waals surface area (Å²) >= 11 is 0. The zero-order valence-corrected chi connectivity index (χ0v) is 14.2. The van der Waals surface area contributed by atoms with Crippen molar-refractivity contribution >= 4 is 11.8 Å². The van der Waals surface area contributed by atoms with Gasteiger partial charge in [0.2, 0.25) is 0 Å². The van der Waals surface area contributed by atoms with Crippen molar-refractivity contribution in [2.75, 3.05) is 12.4 Å². The van der Waals surface area contributed by atoms with Crippen molar-refractivity contribution in [3.05, 3.63) is 42.5 Å². The number of nitrogens with one attached hydrogen (secondary N) is 1. The minimum atomic E-state index is -0.310. The van der Waals surface area contributed by atoms with Crippen LogP contribution in [0.1, 0.15) is 25.6 Å². The number of hydrogen-bond donors (Lipinski definition) is 1. The number of amides is 2. The third-order valence-electron chi connectivity index (χ3n) is 3.53. The van der Waals surface area contributed by atoms with Crippen LogP contribution in [0.4, 0.5) is 10.6 Å². The number of aromatic nitrogens is 5. The van der Waals surface area contributed by atoms with Crippen molar-refractivity contribution in [1.29, 1.82) is 0 Å². The van der Waals surface area contributed by atoms with Crippen LogP contribution < -0.4 is 5.32 Å². The zero-order chi connectivity index (χ0) is 17.8. The van der Waals surface area contributed by atoms with Crippen molar-refractivity contribution in [2.45, 2.75) is 26.4 Å². The highest BCUT2D eigenvalue weighted by Crippen LogP contribution is 2.18. The first kappa shape index (κ1) is 16.6. The van der Waals surface area contributed by atoms with Crippen molar-refractivity contribution in [3.8, 4) is 11.3 Å². The van der Waals surface area contributed by atoms with Gasteiger partial charge in [0.05, 0.1) is 12.7 Å². The van der Waals surface area contributed by atoms with E-state index in [1.807, 2.05) is 26.0 Å². The summed E-state index contributed by atoms with van der Waals surface area (Å²) < 4.78 is 6.97. The molecule has 0 saturated carbocycles. The average molecular weight is 341 g/mol.